The number of nitrogens with zero attached hydrogens (tertiary/aromatic N) is 1. The SMILES string of the molecule is Cc1ccc2c(CC(C)(C)C)c3c(c(C)c2c1)-c1nccc2c1c(cc1cc(CC(C)(C)C)ccc12)S3. The highest BCUT2D eigenvalue weighted by Gasteiger charge is 2.29. The Morgan fingerprint density at radius 3 is 2.19 bits per heavy atom. The molecule has 0 unspecified atom stereocenters. The van der Waals surface area contributed by atoms with E-state index in [-0.39, 0.29) is 10.8 Å². The van der Waals surface area contributed by atoms with Gasteiger partial charge in [-0.25, -0.2) is 0 Å². The van der Waals surface area contributed by atoms with Crippen molar-refractivity contribution in [3.63, 3.8) is 0 Å². The van der Waals surface area contributed by atoms with Crippen molar-refractivity contribution in [2.45, 2.75) is 78.0 Å². The van der Waals surface area contributed by atoms with Gasteiger partial charge in [0.25, 0.3) is 0 Å². The molecule has 1 nitrogen and oxygen atoms in total. The number of fused-ring (bicyclic) bond motifs is 5. The second kappa shape index (κ2) is 8.33. The first-order chi connectivity index (χ1) is 17.4. The van der Waals surface area contributed by atoms with Gasteiger partial charge in [-0.15, -0.1) is 0 Å². The first-order valence-electron chi connectivity index (χ1n) is 13.5. The van der Waals surface area contributed by atoms with Crippen molar-refractivity contribution >= 4 is 44.1 Å². The lowest BCUT2D eigenvalue weighted by Gasteiger charge is -2.29. The number of aryl methyl sites for hydroxylation is 2. The van der Waals surface area contributed by atoms with Crippen molar-refractivity contribution in [3.05, 3.63) is 77.0 Å². The average molecular weight is 504 g/mol. The van der Waals surface area contributed by atoms with Crippen LogP contribution in [0, 0.1) is 24.7 Å². The van der Waals surface area contributed by atoms with Gasteiger partial charge < -0.3 is 0 Å². The lowest BCUT2D eigenvalue weighted by Crippen LogP contribution is -2.12. The average Bonchev–Trinajstić information content (AvgIpc) is 2.80. The van der Waals surface area contributed by atoms with Crippen molar-refractivity contribution in [1.29, 1.82) is 0 Å². The Labute approximate surface area is 225 Å². The predicted octanol–water partition coefficient (Wildman–Crippen LogP) is 10.5. The van der Waals surface area contributed by atoms with E-state index in [0.717, 1.165) is 18.5 Å². The highest BCUT2D eigenvalue weighted by molar-refractivity contribution is 8.00. The van der Waals surface area contributed by atoms with Crippen LogP contribution in [-0.4, -0.2) is 4.98 Å². The molecule has 0 amide bonds. The number of benzene rings is 4. The lowest BCUT2D eigenvalue weighted by molar-refractivity contribution is 0.410. The molecule has 1 aliphatic heterocycles. The summed E-state index contributed by atoms with van der Waals surface area (Å²) in [7, 11) is 0. The van der Waals surface area contributed by atoms with E-state index in [2.05, 4.69) is 104 Å². The third-order valence-corrected chi connectivity index (χ3v) is 8.76. The summed E-state index contributed by atoms with van der Waals surface area (Å²) in [6.07, 6.45) is 4.14. The third-order valence-electron chi connectivity index (χ3n) is 7.56. The minimum absolute atomic E-state index is 0.187. The topological polar surface area (TPSA) is 12.9 Å². The normalized spacial score (nSPS) is 13.5. The van der Waals surface area contributed by atoms with Gasteiger partial charge in [0.2, 0.25) is 0 Å². The predicted molar refractivity (Wildman–Crippen MR) is 162 cm³/mol. The Morgan fingerprint density at radius 2 is 1.46 bits per heavy atom. The van der Waals surface area contributed by atoms with Crippen LogP contribution in [0.3, 0.4) is 0 Å². The van der Waals surface area contributed by atoms with E-state index in [1.807, 2.05) is 18.0 Å². The zero-order valence-electron chi connectivity index (χ0n) is 23.5. The number of hydrogen-bond donors (Lipinski definition) is 0. The van der Waals surface area contributed by atoms with Crippen molar-refractivity contribution in [2.75, 3.05) is 0 Å². The fraction of sp³-hybridized carbons (Fsp3) is 0.343. The van der Waals surface area contributed by atoms with Crippen molar-refractivity contribution in [1.82, 2.24) is 4.98 Å². The van der Waals surface area contributed by atoms with Crippen molar-refractivity contribution in [2.24, 2.45) is 10.8 Å². The maximum absolute atomic E-state index is 5.07. The highest BCUT2D eigenvalue weighted by atomic mass is 32.2. The molecule has 37 heavy (non-hydrogen) atoms. The molecule has 5 aromatic rings. The maximum Gasteiger partial charge on any atom is 0.0806 e. The molecule has 0 aliphatic carbocycles. The van der Waals surface area contributed by atoms with Crippen LogP contribution in [0.2, 0.25) is 0 Å². The van der Waals surface area contributed by atoms with Gasteiger partial charge in [0.15, 0.2) is 0 Å². The third kappa shape index (κ3) is 4.24. The molecule has 1 aromatic heterocycles. The summed E-state index contributed by atoms with van der Waals surface area (Å²) in [6, 6.07) is 18.7. The van der Waals surface area contributed by atoms with Crippen LogP contribution in [-0.2, 0) is 12.8 Å². The van der Waals surface area contributed by atoms with E-state index < -0.39 is 0 Å². The molecule has 0 saturated carbocycles. The Hall–Kier alpha value is -2.84. The number of hydrogen-bond acceptors (Lipinski definition) is 2. The van der Waals surface area contributed by atoms with Gasteiger partial charge in [-0.1, -0.05) is 95.3 Å². The Bertz CT molecular complexity index is 1730. The molecule has 0 fully saturated rings. The van der Waals surface area contributed by atoms with Crippen LogP contribution in [0.4, 0.5) is 0 Å². The molecule has 4 aromatic carbocycles. The summed E-state index contributed by atoms with van der Waals surface area (Å²) < 4.78 is 0. The van der Waals surface area contributed by atoms with Crippen LogP contribution in [0.1, 0.15) is 63.8 Å². The molecule has 0 N–H and O–H groups in total. The van der Waals surface area contributed by atoms with Gasteiger partial charge in [0.1, 0.15) is 0 Å². The summed E-state index contributed by atoms with van der Waals surface area (Å²) in [6.45, 7) is 18.5. The van der Waals surface area contributed by atoms with Crippen LogP contribution < -0.4 is 0 Å². The van der Waals surface area contributed by atoms with Crippen molar-refractivity contribution < 1.29 is 0 Å². The van der Waals surface area contributed by atoms with Crippen molar-refractivity contribution in [3.8, 4) is 11.3 Å². The number of pyridine rings is 1. The van der Waals surface area contributed by atoms with Gasteiger partial charge in [-0.2, -0.15) is 0 Å². The second-order valence-corrected chi connectivity index (χ2v) is 14.5. The molecule has 2 heterocycles. The molecule has 0 spiro atoms. The Kier molecular flexibility index (Phi) is 5.52. The summed E-state index contributed by atoms with van der Waals surface area (Å²) in [4.78, 5) is 7.81. The summed E-state index contributed by atoms with van der Waals surface area (Å²) >= 11 is 1.97. The van der Waals surface area contributed by atoms with Gasteiger partial charge in [0, 0.05) is 26.9 Å². The first-order valence-corrected chi connectivity index (χ1v) is 14.3. The minimum atomic E-state index is 0.187. The number of rotatable bonds is 2. The standard InChI is InChI=1S/C35H37NS/c1-20-9-11-25-27(15-20)21(2)30-32-31-26(13-14-36-32)24-12-10-22(18-34(3,4)5)16-23(24)17-29(31)37-33(30)28(25)19-35(6,7)8/h9-17H,18-19H2,1-8H3. The molecular weight excluding hydrogens is 466 g/mol. The summed E-state index contributed by atoms with van der Waals surface area (Å²) in [5, 5.41) is 8.06. The quantitative estimate of drug-likeness (QED) is 0.218. The van der Waals surface area contributed by atoms with Gasteiger partial charge in [-0.3, -0.25) is 4.98 Å². The fourth-order valence-electron chi connectivity index (χ4n) is 6.14. The summed E-state index contributed by atoms with van der Waals surface area (Å²) in [5.74, 6) is 0. The molecule has 1 aliphatic rings. The maximum atomic E-state index is 5.07. The Balaban J connectivity index is 1.69. The minimum Gasteiger partial charge on any atom is -0.255 e. The van der Waals surface area contributed by atoms with E-state index in [1.165, 1.54) is 69.9 Å². The molecule has 0 bridgehead atoms. The van der Waals surface area contributed by atoms with Crippen LogP contribution in [0.25, 0.3) is 43.6 Å². The van der Waals surface area contributed by atoms with E-state index in [9.17, 15) is 0 Å². The zero-order chi connectivity index (χ0) is 26.3. The van der Waals surface area contributed by atoms with Gasteiger partial charge >= 0.3 is 0 Å². The molecule has 0 radical (unpaired) electrons. The lowest BCUT2D eigenvalue weighted by atomic mass is 9.82. The van der Waals surface area contributed by atoms with E-state index in [4.69, 9.17) is 4.98 Å². The molecule has 0 saturated heterocycles. The van der Waals surface area contributed by atoms with E-state index in [0.29, 0.717) is 0 Å². The second-order valence-electron chi connectivity index (χ2n) is 13.4. The van der Waals surface area contributed by atoms with Gasteiger partial charge in [-0.05, 0) is 93.3 Å². The van der Waals surface area contributed by atoms with Crippen LogP contribution in [0.15, 0.2) is 64.5 Å². The highest BCUT2D eigenvalue weighted by Crippen LogP contribution is 2.54. The van der Waals surface area contributed by atoms with Gasteiger partial charge in [0.05, 0.1) is 5.69 Å². The first kappa shape index (κ1) is 24.5. The number of aromatic nitrogens is 1. The molecule has 188 valence electrons. The van der Waals surface area contributed by atoms with E-state index in [1.54, 1.807) is 0 Å². The molecule has 2 heteroatoms. The van der Waals surface area contributed by atoms with E-state index >= 15 is 0 Å². The molecular formula is C35H37NS. The van der Waals surface area contributed by atoms with Crippen LogP contribution in [0.5, 0.6) is 0 Å². The monoisotopic (exact) mass is 503 g/mol. The fourth-order valence-corrected chi connectivity index (χ4v) is 7.51. The largest absolute Gasteiger partial charge is 0.255 e. The Morgan fingerprint density at radius 1 is 0.730 bits per heavy atom. The van der Waals surface area contributed by atoms with Crippen LogP contribution >= 0.6 is 11.8 Å². The summed E-state index contributed by atoms with van der Waals surface area (Å²) in [5.41, 5.74) is 8.48. The smallest absolute Gasteiger partial charge is 0.0806 e. The molecule has 0 atom stereocenters. The molecule has 6 rings (SSSR count). The zero-order valence-corrected chi connectivity index (χ0v) is 24.3.